The first-order valence-corrected chi connectivity index (χ1v) is 6.47. The number of amides is 2. The van der Waals surface area contributed by atoms with Crippen LogP contribution in [0.1, 0.15) is 6.42 Å². The van der Waals surface area contributed by atoms with E-state index in [-0.39, 0.29) is 13.0 Å². The van der Waals surface area contributed by atoms with E-state index in [0.29, 0.717) is 15.2 Å². The maximum Gasteiger partial charge on any atom is 0.326 e. The lowest BCUT2D eigenvalue weighted by atomic mass is 10.2. The first-order valence-electron chi connectivity index (χ1n) is 5.30. The molecule has 1 unspecified atom stereocenters. The summed E-state index contributed by atoms with van der Waals surface area (Å²) >= 11 is 9.01. The van der Waals surface area contributed by atoms with Crippen molar-refractivity contribution in [3.8, 4) is 0 Å². The maximum absolute atomic E-state index is 11.6. The number of aliphatic hydroxyl groups excluding tert-OH is 1. The van der Waals surface area contributed by atoms with Crippen molar-refractivity contribution in [3.63, 3.8) is 0 Å². The van der Waals surface area contributed by atoms with Gasteiger partial charge in [0.25, 0.3) is 0 Å². The van der Waals surface area contributed by atoms with Gasteiger partial charge in [0, 0.05) is 22.5 Å². The predicted molar refractivity (Wildman–Crippen MR) is 74.4 cm³/mol. The van der Waals surface area contributed by atoms with Crippen LogP contribution in [0, 0.1) is 0 Å². The van der Waals surface area contributed by atoms with Crippen molar-refractivity contribution in [2.24, 2.45) is 0 Å². The molecule has 0 radical (unpaired) electrons. The Kier molecular flexibility index (Phi) is 6.07. The Labute approximate surface area is 122 Å². The zero-order chi connectivity index (χ0) is 14.4. The third-order valence-electron chi connectivity index (χ3n) is 2.20. The number of anilines is 1. The van der Waals surface area contributed by atoms with E-state index in [1.165, 1.54) is 6.07 Å². The van der Waals surface area contributed by atoms with Gasteiger partial charge in [-0.1, -0.05) is 11.6 Å². The van der Waals surface area contributed by atoms with Crippen molar-refractivity contribution in [2.75, 3.05) is 11.9 Å². The smallest absolute Gasteiger partial charge is 0.326 e. The zero-order valence-corrected chi connectivity index (χ0v) is 12.0. The number of hydrogen-bond acceptors (Lipinski definition) is 3. The summed E-state index contributed by atoms with van der Waals surface area (Å²) in [5.41, 5.74) is 0.415. The number of carboxylic acids is 1. The molecular weight excluding hydrogens is 339 g/mol. The van der Waals surface area contributed by atoms with Crippen LogP contribution in [0.4, 0.5) is 10.5 Å². The summed E-state index contributed by atoms with van der Waals surface area (Å²) in [6.45, 7) is -0.335. The topological polar surface area (TPSA) is 98.7 Å². The van der Waals surface area contributed by atoms with E-state index in [2.05, 4.69) is 26.6 Å². The molecule has 6 nitrogen and oxygen atoms in total. The fourth-order valence-electron chi connectivity index (χ4n) is 1.30. The van der Waals surface area contributed by atoms with Crippen LogP contribution in [0.2, 0.25) is 5.02 Å². The van der Waals surface area contributed by atoms with Crippen molar-refractivity contribution in [2.45, 2.75) is 12.5 Å². The lowest BCUT2D eigenvalue weighted by Crippen LogP contribution is -2.43. The number of carboxylic acid groups (broad SMARTS) is 1. The number of aliphatic carboxylic acids is 1. The minimum Gasteiger partial charge on any atom is -0.480 e. The summed E-state index contributed by atoms with van der Waals surface area (Å²) < 4.78 is 0.612. The van der Waals surface area contributed by atoms with E-state index < -0.39 is 18.0 Å². The number of rotatable bonds is 5. The lowest BCUT2D eigenvalue weighted by molar-refractivity contribution is -0.139. The molecule has 2 amide bonds. The quantitative estimate of drug-likeness (QED) is 0.652. The van der Waals surface area contributed by atoms with Crippen LogP contribution in [0.25, 0.3) is 0 Å². The number of carbonyl (C=O) groups excluding carboxylic acids is 1. The molecule has 1 aromatic rings. The fraction of sp³-hybridized carbons (Fsp3) is 0.273. The number of urea groups is 1. The van der Waals surface area contributed by atoms with Crippen molar-refractivity contribution >= 4 is 45.2 Å². The molecule has 0 aromatic heterocycles. The lowest BCUT2D eigenvalue weighted by Gasteiger charge is -2.14. The molecule has 0 saturated heterocycles. The monoisotopic (exact) mass is 350 g/mol. The molecule has 0 aliphatic rings. The van der Waals surface area contributed by atoms with Gasteiger partial charge in [-0.25, -0.2) is 9.59 Å². The minimum atomic E-state index is -1.21. The Bertz CT molecular complexity index is 484. The zero-order valence-electron chi connectivity index (χ0n) is 9.69. The number of halogens is 2. The summed E-state index contributed by atoms with van der Waals surface area (Å²) in [6.07, 6.45) is -0.0700. The Balaban J connectivity index is 2.68. The van der Waals surface area contributed by atoms with Gasteiger partial charge in [0.15, 0.2) is 0 Å². The van der Waals surface area contributed by atoms with E-state index in [0.717, 1.165) is 0 Å². The van der Waals surface area contributed by atoms with Gasteiger partial charge in [0.1, 0.15) is 6.04 Å². The summed E-state index contributed by atoms with van der Waals surface area (Å²) in [4.78, 5) is 22.4. The average Bonchev–Trinajstić information content (AvgIpc) is 2.33. The Morgan fingerprint density at radius 1 is 1.42 bits per heavy atom. The molecular formula is C11H12BrClN2O4. The molecule has 8 heteroatoms. The van der Waals surface area contributed by atoms with Crippen molar-refractivity contribution in [1.29, 1.82) is 0 Å². The number of benzene rings is 1. The van der Waals surface area contributed by atoms with Gasteiger partial charge in [-0.05, 0) is 34.1 Å². The van der Waals surface area contributed by atoms with E-state index in [1.54, 1.807) is 12.1 Å². The van der Waals surface area contributed by atoms with Gasteiger partial charge in [-0.3, -0.25) is 0 Å². The largest absolute Gasteiger partial charge is 0.480 e. The summed E-state index contributed by atoms with van der Waals surface area (Å²) in [6, 6.07) is 2.97. The molecule has 0 heterocycles. The molecule has 1 atom stereocenters. The minimum absolute atomic E-state index is 0.0700. The van der Waals surface area contributed by atoms with Crippen molar-refractivity contribution in [1.82, 2.24) is 5.32 Å². The summed E-state index contributed by atoms with van der Waals surface area (Å²) in [5, 5.41) is 22.7. The van der Waals surface area contributed by atoms with Crippen LogP contribution < -0.4 is 10.6 Å². The molecule has 4 N–H and O–H groups in total. The molecule has 1 aromatic carbocycles. The van der Waals surface area contributed by atoms with Crippen molar-refractivity contribution in [3.05, 3.63) is 27.7 Å². The first-order chi connectivity index (χ1) is 8.93. The number of aliphatic hydroxyl groups is 1. The van der Waals surface area contributed by atoms with Gasteiger partial charge >= 0.3 is 12.0 Å². The Morgan fingerprint density at radius 3 is 2.68 bits per heavy atom. The predicted octanol–water partition coefficient (Wildman–Crippen LogP) is 2.06. The maximum atomic E-state index is 11.6. The molecule has 0 saturated carbocycles. The summed E-state index contributed by atoms with van der Waals surface area (Å²) in [5.74, 6) is -1.21. The fourth-order valence-corrected chi connectivity index (χ4v) is 1.81. The summed E-state index contributed by atoms with van der Waals surface area (Å²) in [7, 11) is 0. The van der Waals surface area contributed by atoms with Gasteiger partial charge < -0.3 is 20.8 Å². The Morgan fingerprint density at radius 2 is 2.11 bits per heavy atom. The second-order valence-electron chi connectivity index (χ2n) is 3.63. The highest BCUT2D eigenvalue weighted by Crippen LogP contribution is 2.25. The van der Waals surface area contributed by atoms with Crippen LogP contribution in [0.3, 0.4) is 0 Å². The standard InChI is InChI=1S/C11H12BrClN2O4/c12-7-2-1-6(13)5-9(7)15-11(19)14-8(3-4-16)10(17)18/h1-2,5,8,16H,3-4H2,(H,17,18)(H2,14,15,19). The SMILES string of the molecule is O=C(Nc1cc(Cl)ccc1Br)NC(CCO)C(=O)O. The second kappa shape index (κ2) is 7.32. The van der Waals surface area contributed by atoms with Crippen LogP contribution in [0.5, 0.6) is 0 Å². The van der Waals surface area contributed by atoms with Gasteiger partial charge in [-0.15, -0.1) is 0 Å². The second-order valence-corrected chi connectivity index (χ2v) is 4.92. The van der Waals surface area contributed by atoms with Crippen LogP contribution >= 0.6 is 27.5 Å². The highest BCUT2D eigenvalue weighted by atomic mass is 79.9. The van der Waals surface area contributed by atoms with E-state index in [1.807, 2.05) is 0 Å². The molecule has 1 rings (SSSR count). The number of nitrogens with one attached hydrogen (secondary N) is 2. The van der Waals surface area contributed by atoms with E-state index in [9.17, 15) is 9.59 Å². The van der Waals surface area contributed by atoms with Crippen LogP contribution in [-0.4, -0.2) is 34.9 Å². The molecule has 0 aliphatic carbocycles. The molecule has 19 heavy (non-hydrogen) atoms. The van der Waals surface area contributed by atoms with Crippen molar-refractivity contribution < 1.29 is 19.8 Å². The van der Waals surface area contributed by atoms with Gasteiger partial charge in [-0.2, -0.15) is 0 Å². The molecule has 0 bridgehead atoms. The molecule has 0 spiro atoms. The van der Waals surface area contributed by atoms with Gasteiger partial charge in [0.2, 0.25) is 0 Å². The van der Waals surface area contributed by atoms with E-state index in [4.69, 9.17) is 21.8 Å². The van der Waals surface area contributed by atoms with Gasteiger partial charge in [0.05, 0.1) is 5.69 Å². The molecule has 0 fully saturated rings. The first kappa shape index (κ1) is 15.7. The van der Waals surface area contributed by atoms with E-state index >= 15 is 0 Å². The average molecular weight is 352 g/mol. The normalized spacial score (nSPS) is 11.7. The number of carbonyl (C=O) groups is 2. The Hall–Kier alpha value is -1.31. The third kappa shape index (κ3) is 5.06. The van der Waals surface area contributed by atoms with Crippen LogP contribution in [-0.2, 0) is 4.79 Å². The van der Waals surface area contributed by atoms with Crippen LogP contribution in [0.15, 0.2) is 22.7 Å². The third-order valence-corrected chi connectivity index (χ3v) is 3.12. The molecule has 104 valence electrons. The number of hydrogen-bond donors (Lipinski definition) is 4. The molecule has 0 aliphatic heterocycles. The highest BCUT2D eigenvalue weighted by molar-refractivity contribution is 9.10. The highest BCUT2D eigenvalue weighted by Gasteiger charge is 2.19.